The van der Waals surface area contributed by atoms with Crippen LogP contribution in [0.15, 0.2) is 48.5 Å². The highest BCUT2D eigenvalue weighted by Gasteiger charge is 2.40. The maximum Gasteiger partial charge on any atom is 0.416 e. The lowest BCUT2D eigenvalue weighted by atomic mass is 9.64. The highest BCUT2D eigenvalue weighted by atomic mass is 35.5. The molecule has 0 aromatic heterocycles. The van der Waals surface area contributed by atoms with Crippen molar-refractivity contribution in [2.75, 3.05) is 19.6 Å². The molecule has 162 valence electrons. The molecule has 1 aliphatic carbocycles. The molecule has 1 saturated heterocycles. The number of nitrogens with zero attached hydrogens (tertiary/aromatic N) is 1. The first-order valence-corrected chi connectivity index (χ1v) is 11.4. The van der Waals surface area contributed by atoms with Crippen LogP contribution in [0.2, 0.25) is 5.02 Å². The Hall–Kier alpha value is -1.52. The van der Waals surface area contributed by atoms with Gasteiger partial charge in [0.1, 0.15) is 0 Å². The summed E-state index contributed by atoms with van der Waals surface area (Å²) in [6.45, 7) is 3.34. The zero-order valence-electron chi connectivity index (χ0n) is 17.2. The monoisotopic (exact) mass is 435 g/mol. The van der Waals surface area contributed by atoms with E-state index in [4.69, 9.17) is 11.6 Å². The van der Waals surface area contributed by atoms with E-state index in [1.54, 1.807) is 12.1 Å². The molecule has 1 atom stereocenters. The number of likely N-dealkylation sites (tertiary alicyclic amines) is 1. The molecule has 2 aromatic rings. The Kier molecular flexibility index (Phi) is 6.45. The molecular weight excluding hydrogens is 407 g/mol. The van der Waals surface area contributed by atoms with E-state index in [1.165, 1.54) is 49.8 Å². The Morgan fingerprint density at radius 2 is 1.67 bits per heavy atom. The minimum Gasteiger partial charge on any atom is -0.302 e. The molecule has 1 unspecified atom stereocenters. The van der Waals surface area contributed by atoms with Crippen LogP contribution in [-0.2, 0) is 18.0 Å². The van der Waals surface area contributed by atoms with Gasteiger partial charge in [0, 0.05) is 23.5 Å². The van der Waals surface area contributed by atoms with Gasteiger partial charge in [-0.3, -0.25) is 0 Å². The second-order valence-electron chi connectivity index (χ2n) is 9.12. The number of rotatable bonds is 6. The third kappa shape index (κ3) is 5.03. The van der Waals surface area contributed by atoms with Gasteiger partial charge < -0.3 is 4.90 Å². The molecule has 2 aromatic carbocycles. The van der Waals surface area contributed by atoms with E-state index in [-0.39, 0.29) is 5.41 Å². The molecule has 1 heterocycles. The van der Waals surface area contributed by atoms with E-state index < -0.39 is 11.7 Å². The van der Waals surface area contributed by atoms with Gasteiger partial charge in [0.15, 0.2) is 0 Å². The molecule has 5 heteroatoms. The molecule has 4 rings (SSSR count). The summed E-state index contributed by atoms with van der Waals surface area (Å²) in [6.07, 6.45) is 3.80. The Bertz CT molecular complexity index is 825. The molecule has 0 spiro atoms. The maximum absolute atomic E-state index is 12.7. The molecule has 2 aliphatic rings. The fourth-order valence-corrected chi connectivity index (χ4v) is 5.26. The number of alkyl halides is 3. The van der Waals surface area contributed by atoms with Crippen molar-refractivity contribution in [2.24, 2.45) is 5.92 Å². The van der Waals surface area contributed by atoms with E-state index in [2.05, 4.69) is 17.0 Å². The van der Waals surface area contributed by atoms with Crippen LogP contribution < -0.4 is 0 Å². The topological polar surface area (TPSA) is 3.24 Å². The molecule has 0 bridgehead atoms. The van der Waals surface area contributed by atoms with E-state index in [0.29, 0.717) is 5.92 Å². The van der Waals surface area contributed by atoms with Crippen LogP contribution in [-0.4, -0.2) is 24.5 Å². The summed E-state index contributed by atoms with van der Waals surface area (Å²) in [5.74, 6) is 0.614. The molecule has 1 nitrogen and oxygen atoms in total. The summed E-state index contributed by atoms with van der Waals surface area (Å²) >= 11 is 6.08. The first kappa shape index (κ1) is 21.7. The van der Waals surface area contributed by atoms with E-state index in [1.807, 2.05) is 12.1 Å². The number of piperidine rings is 1. The zero-order chi connectivity index (χ0) is 21.2. The molecule has 0 amide bonds. The SMILES string of the molecule is FC(F)(F)c1ccc(CCC2CCCN(CC3(c4ccc(Cl)cc4)CCC3)C2)cc1. The van der Waals surface area contributed by atoms with Gasteiger partial charge in [0.05, 0.1) is 5.56 Å². The Balaban J connectivity index is 1.32. The lowest BCUT2D eigenvalue weighted by Gasteiger charge is -2.47. The highest BCUT2D eigenvalue weighted by Crippen LogP contribution is 2.45. The number of aryl methyl sites for hydroxylation is 1. The summed E-state index contributed by atoms with van der Waals surface area (Å²) in [6, 6.07) is 14.0. The van der Waals surface area contributed by atoms with E-state index >= 15 is 0 Å². The second-order valence-corrected chi connectivity index (χ2v) is 9.55. The third-order valence-corrected chi connectivity index (χ3v) is 7.27. The number of benzene rings is 2. The second kappa shape index (κ2) is 8.92. The van der Waals surface area contributed by atoms with Crippen LogP contribution in [0.1, 0.15) is 55.2 Å². The Labute approximate surface area is 182 Å². The van der Waals surface area contributed by atoms with Gasteiger partial charge in [-0.1, -0.05) is 42.3 Å². The first-order valence-electron chi connectivity index (χ1n) is 11.0. The predicted molar refractivity (Wildman–Crippen MR) is 116 cm³/mol. The average molecular weight is 436 g/mol. The van der Waals surface area contributed by atoms with E-state index in [0.717, 1.165) is 43.1 Å². The van der Waals surface area contributed by atoms with Crippen molar-refractivity contribution in [1.29, 1.82) is 0 Å². The number of hydrogen-bond acceptors (Lipinski definition) is 1. The van der Waals surface area contributed by atoms with Crippen LogP contribution in [0.5, 0.6) is 0 Å². The number of hydrogen-bond donors (Lipinski definition) is 0. The standard InChI is InChI=1S/C25H29ClF3N/c26-23-12-10-21(11-13-23)24(14-2-15-24)18-30-16-1-3-20(17-30)5-4-19-6-8-22(9-7-19)25(27,28)29/h6-13,20H,1-5,14-18H2. The van der Waals surface area contributed by atoms with Crippen molar-refractivity contribution in [2.45, 2.75) is 56.5 Å². The van der Waals surface area contributed by atoms with Crippen molar-refractivity contribution >= 4 is 11.6 Å². The summed E-state index contributed by atoms with van der Waals surface area (Å²) < 4.78 is 38.2. The average Bonchev–Trinajstić information content (AvgIpc) is 2.70. The van der Waals surface area contributed by atoms with Gasteiger partial charge in [0.25, 0.3) is 0 Å². The van der Waals surface area contributed by atoms with E-state index in [9.17, 15) is 13.2 Å². The van der Waals surface area contributed by atoms with Gasteiger partial charge in [0.2, 0.25) is 0 Å². The largest absolute Gasteiger partial charge is 0.416 e. The molecule has 1 aliphatic heterocycles. The minimum absolute atomic E-state index is 0.264. The fourth-order valence-electron chi connectivity index (χ4n) is 5.13. The van der Waals surface area contributed by atoms with Gasteiger partial charge in [-0.15, -0.1) is 0 Å². The lowest BCUT2D eigenvalue weighted by Crippen LogP contribution is -2.48. The van der Waals surface area contributed by atoms with Gasteiger partial charge >= 0.3 is 6.18 Å². The molecule has 0 N–H and O–H groups in total. The summed E-state index contributed by atoms with van der Waals surface area (Å²) in [4.78, 5) is 2.62. The third-order valence-electron chi connectivity index (χ3n) is 7.02. The van der Waals surface area contributed by atoms with Crippen molar-refractivity contribution in [3.05, 3.63) is 70.2 Å². The van der Waals surface area contributed by atoms with Gasteiger partial charge in [-0.05, 0) is 86.4 Å². The minimum atomic E-state index is -4.26. The van der Waals surface area contributed by atoms with Gasteiger partial charge in [-0.2, -0.15) is 13.2 Å². The van der Waals surface area contributed by atoms with Crippen molar-refractivity contribution in [3.63, 3.8) is 0 Å². The first-order chi connectivity index (χ1) is 14.3. The molecule has 30 heavy (non-hydrogen) atoms. The Morgan fingerprint density at radius 1 is 0.967 bits per heavy atom. The Morgan fingerprint density at radius 3 is 2.27 bits per heavy atom. The van der Waals surface area contributed by atoms with Crippen molar-refractivity contribution in [1.82, 2.24) is 4.90 Å². The molecule has 1 saturated carbocycles. The van der Waals surface area contributed by atoms with Gasteiger partial charge in [-0.25, -0.2) is 0 Å². The van der Waals surface area contributed by atoms with Crippen LogP contribution in [0.25, 0.3) is 0 Å². The molecular formula is C25H29ClF3N. The quantitative estimate of drug-likeness (QED) is 0.466. The maximum atomic E-state index is 12.7. The van der Waals surface area contributed by atoms with Crippen LogP contribution in [0.3, 0.4) is 0 Å². The number of halogens is 4. The van der Waals surface area contributed by atoms with Crippen LogP contribution >= 0.6 is 11.6 Å². The normalized spacial score (nSPS) is 21.9. The predicted octanol–water partition coefficient (Wildman–Crippen LogP) is 7.13. The lowest BCUT2D eigenvalue weighted by molar-refractivity contribution is -0.137. The van der Waals surface area contributed by atoms with Crippen LogP contribution in [0, 0.1) is 5.92 Å². The van der Waals surface area contributed by atoms with Crippen molar-refractivity contribution in [3.8, 4) is 0 Å². The van der Waals surface area contributed by atoms with Crippen molar-refractivity contribution < 1.29 is 13.2 Å². The highest BCUT2D eigenvalue weighted by molar-refractivity contribution is 6.30. The molecule has 2 fully saturated rings. The summed E-state index contributed by atoms with van der Waals surface area (Å²) in [7, 11) is 0. The van der Waals surface area contributed by atoms with Crippen LogP contribution in [0.4, 0.5) is 13.2 Å². The molecule has 0 radical (unpaired) electrons. The fraction of sp³-hybridized carbons (Fsp3) is 0.520. The smallest absolute Gasteiger partial charge is 0.302 e. The summed E-state index contributed by atoms with van der Waals surface area (Å²) in [5.41, 5.74) is 2.10. The zero-order valence-corrected chi connectivity index (χ0v) is 18.0. The summed E-state index contributed by atoms with van der Waals surface area (Å²) in [5, 5.41) is 0.787.